The molecular weight excluding hydrogens is 316 g/mol. The number of amides is 1. The van der Waals surface area contributed by atoms with Crippen LogP contribution < -0.4 is 0 Å². The van der Waals surface area contributed by atoms with Crippen LogP contribution in [0.3, 0.4) is 0 Å². The van der Waals surface area contributed by atoms with Crippen LogP contribution in [0.1, 0.15) is 48.5 Å². The number of carbonyl (C=O) groups is 1. The number of likely N-dealkylation sites (N-methyl/N-ethyl adjacent to an activating group) is 1. The normalized spacial score (nSPS) is 24.9. The van der Waals surface area contributed by atoms with Crippen molar-refractivity contribution in [2.45, 2.75) is 51.3 Å². The maximum atomic E-state index is 13.0. The number of aliphatic hydroxyl groups is 1. The number of hydrogen-bond acceptors (Lipinski definition) is 4. The lowest BCUT2D eigenvalue weighted by Gasteiger charge is -2.29. The third-order valence-electron chi connectivity index (χ3n) is 5.30. The molecule has 138 valence electrons. The average Bonchev–Trinajstić information content (AvgIpc) is 2.88. The van der Waals surface area contributed by atoms with Crippen molar-refractivity contribution in [3.63, 3.8) is 0 Å². The SMILES string of the molecule is CCN(C(=O)c1cccc(CN2CCCCCC2)c1)[C@H]1COC[C@@H]1O. The number of benzene rings is 1. The van der Waals surface area contributed by atoms with E-state index in [0.717, 1.165) is 19.6 Å². The largest absolute Gasteiger partial charge is 0.388 e. The zero-order valence-corrected chi connectivity index (χ0v) is 15.2. The van der Waals surface area contributed by atoms with Crippen LogP contribution in [0.4, 0.5) is 0 Å². The van der Waals surface area contributed by atoms with Crippen molar-refractivity contribution in [3.8, 4) is 0 Å². The van der Waals surface area contributed by atoms with Gasteiger partial charge in [0.15, 0.2) is 0 Å². The topological polar surface area (TPSA) is 53.0 Å². The van der Waals surface area contributed by atoms with Crippen molar-refractivity contribution in [1.82, 2.24) is 9.80 Å². The molecule has 2 fully saturated rings. The van der Waals surface area contributed by atoms with Gasteiger partial charge in [-0.15, -0.1) is 0 Å². The quantitative estimate of drug-likeness (QED) is 0.889. The van der Waals surface area contributed by atoms with Gasteiger partial charge in [-0.1, -0.05) is 25.0 Å². The number of ether oxygens (including phenoxy) is 1. The van der Waals surface area contributed by atoms with Crippen LogP contribution in [0.2, 0.25) is 0 Å². The summed E-state index contributed by atoms with van der Waals surface area (Å²) in [5.74, 6) is -0.0187. The first kappa shape index (κ1) is 18.4. The Bertz CT molecular complexity index is 570. The molecule has 25 heavy (non-hydrogen) atoms. The molecule has 5 heteroatoms. The molecule has 0 aliphatic carbocycles. The van der Waals surface area contributed by atoms with Crippen LogP contribution in [-0.4, -0.2) is 65.8 Å². The molecule has 1 amide bonds. The number of hydrogen-bond donors (Lipinski definition) is 1. The van der Waals surface area contributed by atoms with Gasteiger partial charge in [-0.3, -0.25) is 9.69 Å². The van der Waals surface area contributed by atoms with E-state index in [1.165, 1.54) is 31.2 Å². The second kappa shape index (κ2) is 8.79. The Balaban J connectivity index is 1.70. The molecule has 0 bridgehead atoms. The van der Waals surface area contributed by atoms with E-state index < -0.39 is 6.10 Å². The molecule has 2 heterocycles. The summed E-state index contributed by atoms with van der Waals surface area (Å²) in [6.45, 7) is 6.43. The molecule has 2 atom stereocenters. The first-order valence-electron chi connectivity index (χ1n) is 9.57. The maximum absolute atomic E-state index is 13.0. The summed E-state index contributed by atoms with van der Waals surface area (Å²) in [6.07, 6.45) is 4.59. The summed E-state index contributed by atoms with van der Waals surface area (Å²) in [7, 11) is 0. The summed E-state index contributed by atoms with van der Waals surface area (Å²) in [5.41, 5.74) is 1.89. The molecule has 0 saturated carbocycles. The van der Waals surface area contributed by atoms with E-state index in [1.807, 2.05) is 25.1 Å². The first-order valence-corrected chi connectivity index (χ1v) is 9.57. The fourth-order valence-corrected chi connectivity index (χ4v) is 3.88. The van der Waals surface area contributed by atoms with Crippen molar-refractivity contribution in [2.24, 2.45) is 0 Å². The lowest BCUT2D eigenvalue weighted by molar-refractivity contribution is 0.0520. The summed E-state index contributed by atoms with van der Waals surface area (Å²) in [4.78, 5) is 17.2. The Labute approximate surface area is 150 Å². The van der Waals surface area contributed by atoms with Crippen LogP contribution in [0.5, 0.6) is 0 Å². The standard InChI is InChI=1S/C20H30N2O3/c1-2-22(18-14-25-15-19(18)23)20(24)17-9-7-8-16(12-17)13-21-10-5-3-4-6-11-21/h7-9,12,18-19,23H,2-6,10-11,13-15H2,1H3/t18-,19-/m0/s1. The highest BCUT2D eigenvalue weighted by Crippen LogP contribution is 2.19. The fourth-order valence-electron chi connectivity index (χ4n) is 3.88. The predicted octanol–water partition coefficient (Wildman–Crippen LogP) is 2.28. The van der Waals surface area contributed by atoms with Crippen LogP contribution in [0, 0.1) is 0 Å². The van der Waals surface area contributed by atoms with Crippen molar-refractivity contribution < 1.29 is 14.6 Å². The highest BCUT2D eigenvalue weighted by Gasteiger charge is 2.34. The summed E-state index contributed by atoms with van der Waals surface area (Å²) >= 11 is 0. The smallest absolute Gasteiger partial charge is 0.254 e. The minimum absolute atomic E-state index is 0.0187. The Morgan fingerprint density at radius 2 is 2.00 bits per heavy atom. The highest BCUT2D eigenvalue weighted by atomic mass is 16.5. The zero-order chi connectivity index (χ0) is 17.6. The van der Waals surface area contributed by atoms with Gasteiger partial charge in [0.25, 0.3) is 5.91 Å². The maximum Gasteiger partial charge on any atom is 0.254 e. The Kier molecular flexibility index (Phi) is 6.45. The molecule has 5 nitrogen and oxygen atoms in total. The van der Waals surface area contributed by atoms with Gasteiger partial charge in [-0.2, -0.15) is 0 Å². The Morgan fingerprint density at radius 3 is 2.64 bits per heavy atom. The average molecular weight is 346 g/mol. The summed E-state index contributed by atoms with van der Waals surface area (Å²) in [6, 6.07) is 7.71. The van der Waals surface area contributed by atoms with Crippen molar-refractivity contribution in [1.29, 1.82) is 0 Å². The van der Waals surface area contributed by atoms with Crippen molar-refractivity contribution >= 4 is 5.91 Å². The van der Waals surface area contributed by atoms with E-state index >= 15 is 0 Å². The molecule has 0 radical (unpaired) electrons. The highest BCUT2D eigenvalue weighted by molar-refractivity contribution is 5.94. The Hall–Kier alpha value is -1.43. The van der Waals surface area contributed by atoms with E-state index in [9.17, 15) is 9.90 Å². The number of nitrogens with zero attached hydrogens (tertiary/aromatic N) is 2. The molecule has 0 aromatic heterocycles. The monoisotopic (exact) mass is 346 g/mol. The lowest BCUT2D eigenvalue weighted by atomic mass is 10.1. The van der Waals surface area contributed by atoms with E-state index in [-0.39, 0.29) is 11.9 Å². The molecule has 2 aliphatic rings. The first-order chi connectivity index (χ1) is 12.2. The second-order valence-corrected chi connectivity index (χ2v) is 7.15. The zero-order valence-electron chi connectivity index (χ0n) is 15.2. The molecule has 3 rings (SSSR count). The fraction of sp³-hybridized carbons (Fsp3) is 0.650. The minimum atomic E-state index is -0.593. The summed E-state index contributed by atoms with van der Waals surface area (Å²) < 4.78 is 5.32. The van der Waals surface area contributed by atoms with E-state index in [0.29, 0.717) is 25.3 Å². The minimum Gasteiger partial charge on any atom is -0.388 e. The summed E-state index contributed by atoms with van der Waals surface area (Å²) in [5, 5.41) is 10.1. The molecule has 1 aromatic rings. The third kappa shape index (κ3) is 4.60. The van der Waals surface area contributed by atoms with Crippen LogP contribution in [0.25, 0.3) is 0 Å². The second-order valence-electron chi connectivity index (χ2n) is 7.15. The van der Waals surface area contributed by atoms with Gasteiger partial charge in [-0.05, 0) is 50.6 Å². The molecule has 2 saturated heterocycles. The number of carbonyl (C=O) groups excluding carboxylic acids is 1. The molecular formula is C20H30N2O3. The van der Waals surface area contributed by atoms with E-state index in [1.54, 1.807) is 4.90 Å². The van der Waals surface area contributed by atoms with Gasteiger partial charge in [-0.25, -0.2) is 0 Å². The number of aliphatic hydroxyl groups excluding tert-OH is 1. The third-order valence-corrected chi connectivity index (χ3v) is 5.30. The molecule has 0 spiro atoms. The van der Waals surface area contributed by atoms with Gasteiger partial charge in [0, 0.05) is 18.7 Å². The number of likely N-dealkylation sites (tertiary alicyclic amines) is 1. The van der Waals surface area contributed by atoms with Gasteiger partial charge in [0.1, 0.15) is 0 Å². The Morgan fingerprint density at radius 1 is 1.24 bits per heavy atom. The number of rotatable bonds is 5. The predicted molar refractivity (Wildman–Crippen MR) is 97.5 cm³/mol. The van der Waals surface area contributed by atoms with Gasteiger partial charge in [0.05, 0.1) is 25.4 Å². The molecule has 1 aromatic carbocycles. The van der Waals surface area contributed by atoms with E-state index in [2.05, 4.69) is 11.0 Å². The molecule has 2 aliphatic heterocycles. The van der Waals surface area contributed by atoms with Crippen LogP contribution in [0.15, 0.2) is 24.3 Å². The molecule has 0 unspecified atom stereocenters. The lowest BCUT2D eigenvalue weighted by Crippen LogP contribution is -2.46. The van der Waals surface area contributed by atoms with E-state index in [4.69, 9.17) is 4.74 Å². The van der Waals surface area contributed by atoms with Crippen LogP contribution >= 0.6 is 0 Å². The van der Waals surface area contributed by atoms with Gasteiger partial charge in [0.2, 0.25) is 0 Å². The van der Waals surface area contributed by atoms with Crippen LogP contribution in [-0.2, 0) is 11.3 Å². The van der Waals surface area contributed by atoms with Gasteiger partial charge < -0.3 is 14.7 Å². The molecule has 1 N–H and O–H groups in total. The van der Waals surface area contributed by atoms with Gasteiger partial charge >= 0.3 is 0 Å². The van der Waals surface area contributed by atoms with Crippen molar-refractivity contribution in [2.75, 3.05) is 32.8 Å². The van der Waals surface area contributed by atoms with Crippen molar-refractivity contribution in [3.05, 3.63) is 35.4 Å².